The third-order valence-corrected chi connectivity index (χ3v) is 4.62. The second-order valence-electron chi connectivity index (χ2n) is 6.05. The molecule has 0 aromatic heterocycles. The topological polar surface area (TPSA) is 18.5 Å². The molecule has 2 saturated carbocycles. The van der Waals surface area contributed by atoms with Crippen molar-refractivity contribution in [3.05, 3.63) is 0 Å². The second-order valence-corrected chi connectivity index (χ2v) is 6.05. The van der Waals surface area contributed by atoms with E-state index < -0.39 is 0 Å². The van der Waals surface area contributed by atoms with Crippen molar-refractivity contribution in [2.45, 2.75) is 57.2 Å². The average Bonchev–Trinajstić information content (AvgIpc) is 3.24. The van der Waals surface area contributed by atoms with Crippen LogP contribution in [0.25, 0.3) is 0 Å². The maximum Gasteiger partial charge on any atom is 0.0219 e. The fourth-order valence-corrected chi connectivity index (χ4v) is 3.03. The van der Waals surface area contributed by atoms with Crippen LogP contribution in [0.15, 0.2) is 0 Å². The summed E-state index contributed by atoms with van der Waals surface area (Å²) in [7, 11) is 0. The minimum Gasteiger partial charge on any atom is -0.312 e. The maximum atomic E-state index is 3.70. The first kappa shape index (κ1) is 11.9. The SMILES string of the molecule is CCC(CNC1CC1)N1CCN(C2CC2)CC1. The standard InChI is InChI=1S/C14H27N3/c1-2-13(11-15-12-3-4-12)16-7-9-17(10-8-16)14-5-6-14/h12-15H,2-11H2,1H3. The highest BCUT2D eigenvalue weighted by Crippen LogP contribution is 2.28. The quantitative estimate of drug-likeness (QED) is 0.751. The lowest BCUT2D eigenvalue weighted by molar-refractivity contribution is 0.0887. The van der Waals surface area contributed by atoms with Gasteiger partial charge < -0.3 is 5.32 Å². The molecule has 1 saturated heterocycles. The lowest BCUT2D eigenvalue weighted by Gasteiger charge is -2.39. The zero-order valence-corrected chi connectivity index (χ0v) is 11.2. The molecular weight excluding hydrogens is 210 g/mol. The van der Waals surface area contributed by atoms with Gasteiger partial charge in [-0.25, -0.2) is 0 Å². The largest absolute Gasteiger partial charge is 0.312 e. The van der Waals surface area contributed by atoms with Crippen molar-refractivity contribution in [1.82, 2.24) is 15.1 Å². The van der Waals surface area contributed by atoms with Gasteiger partial charge in [0.25, 0.3) is 0 Å². The summed E-state index contributed by atoms with van der Waals surface area (Å²) >= 11 is 0. The van der Waals surface area contributed by atoms with Gasteiger partial charge >= 0.3 is 0 Å². The van der Waals surface area contributed by atoms with Crippen molar-refractivity contribution in [2.75, 3.05) is 32.7 Å². The molecule has 3 heteroatoms. The Labute approximate surface area is 106 Å². The van der Waals surface area contributed by atoms with E-state index in [2.05, 4.69) is 22.0 Å². The number of nitrogens with one attached hydrogen (secondary N) is 1. The van der Waals surface area contributed by atoms with Crippen molar-refractivity contribution in [3.63, 3.8) is 0 Å². The highest BCUT2D eigenvalue weighted by Gasteiger charge is 2.32. The minimum absolute atomic E-state index is 0.775. The van der Waals surface area contributed by atoms with Crippen LogP contribution in [0.5, 0.6) is 0 Å². The normalized spacial score (nSPS) is 29.5. The number of nitrogens with zero attached hydrogens (tertiary/aromatic N) is 2. The van der Waals surface area contributed by atoms with E-state index in [1.54, 1.807) is 0 Å². The highest BCUT2D eigenvalue weighted by molar-refractivity contribution is 4.90. The summed E-state index contributed by atoms with van der Waals surface area (Å²) in [6.45, 7) is 8.76. The molecule has 98 valence electrons. The van der Waals surface area contributed by atoms with Crippen molar-refractivity contribution < 1.29 is 0 Å². The molecule has 1 unspecified atom stereocenters. The van der Waals surface area contributed by atoms with E-state index in [-0.39, 0.29) is 0 Å². The zero-order valence-electron chi connectivity index (χ0n) is 11.2. The molecule has 1 aliphatic heterocycles. The first-order valence-electron chi connectivity index (χ1n) is 7.58. The first-order valence-corrected chi connectivity index (χ1v) is 7.58. The molecule has 1 N–H and O–H groups in total. The summed E-state index contributed by atoms with van der Waals surface area (Å²) in [5.41, 5.74) is 0. The lowest BCUT2D eigenvalue weighted by Crippen LogP contribution is -2.53. The van der Waals surface area contributed by atoms with Gasteiger partial charge in [-0.05, 0) is 32.1 Å². The Hall–Kier alpha value is -0.120. The second kappa shape index (κ2) is 5.25. The Balaban J connectivity index is 1.42. The van der Waals surface area contributed by atoms with Gasteiger partial charge in [0.05, 0.1) is 0 Å². The van der Waals surface area contributed by atoms with E-state index in [0.717, 1.165) is 18.1 Å². The van der Waals surface area contributed by atoms with Gasteiger partial charge in [0.1, 0.15) is 0 Å². The first-order chi connectivity index (χ1) is 8.36. The van der Waals surface area contributed by atoms with E-state index in [9.17, 15) is 0 Å². The Morgan fingerprint density at radius 3 is 2.29 bits per heavy atom. The molecule has 0 aromatic rings. The maximum absolute atomic E-state index is 3.70. The average molecular weight is 237 g/mol. The Morgan fingerprint density at radius 1 is 1.06 bits per heavy atom. The molecule has 3 fully saturated rings. The van der Waals surface area contributed by atoms with Crippen molar-refractivity contribution in [3.8, 4) is 0 Å². The Bertz CT molecular complexity index is 240. The summed E-state index contributed by atoms with van der Waals surface area (Å²) in [6.07, 6.45) is 7.03. The molecule has 17 heavy (non-hydrogen) atoms. The number of piperazine rings is 1. The molecule has 0 radical (unpaired) electrons. The van der Waals surface area contributed by atoms with Crippen LogP contribution in [-0.4, -0.2) is 60.6 Å². The van der Waals surface area contributed by atoms with Gasteiger partial charge in [-0.2, -0.15) is 0 Å². The summed E-state index contributed by atoms with van der Waals surface area (Å²) in [5, 5.41) is 3.70. The van der Waals surface area contributed by atoms with Crippen molar-refractivity contribution in [1.29, 1.82) is 0 Å². The smallest absolute Gasteiger partial charge is 0.0219 e. The van der Waals surface area contributed by atoms with Crippen LogP contribution in [0.1, 0.15) is 39.0 Å². The van der Waals surface area contributed by atoms with Crippen LogP contribution in [-0.2, 0) is 0 Å². The van der Waals surface area contributed by atoms with E-state index in [4.69, 9.17) is 0 Å². The van der Waals surface area contributed by atoms with Crippen LogP contribution in [0.4, 0.5) is 0 Å². The third-order valence-electron chi connectivity index (χ3n) is 4.62. The molecule has 0 aromatic carbocycles. The summed E-state index contributed by atoms with van der Waals surface area (Å²) < 4.78 is 0. The zero-order chi connectivity index (χ0) is 11.7. The lowest BCUT2D eigenvalue weighted by atomic mass is 10.1. The van der Waals surface area contributed by atoms with Crippen LogP contribution < -0.4 is 5.32 Å². The predicted molar refractivity (Wildman–Crippen MR) is 71.3 cm³/mol. The van der Waals surface area contributed by atoms with E-state index in [1.165, 1.54) is 64.8 Å². The number of hydrogen-bond acceptors (Lipinski definition) is 3. The third kappa shape index (κ3) is 3.21. The summed E-state index contributed by atoms with van der Waals surface area (Å²) in [6, 6.07) is 2.59. The van der Waals surface area contributed by atoms with Gasteiger partial charge in [0.15, 0.2) is 0 Å². The van der Waals surface area contributed by atoms with Crippen molar-refractivity contribution >= 4 is 0 Å². The van der Waals surface area contributed by atoms with Crippen LogP contribution in [0.3, 0.4) is 0 Å². The van der Waals surface area contributed by atoms with Gasteiger partial charge in [-0.3, -0.25) is 9.80 Å². The van der Waals surface area contributed by atoms with Crippen molar-refractivity contribution in [2.24, 2.45) is 0 Å². The van der Waals surface area contributed by atoms with Gasteiger partial charge in [0, 0.05) is 50.8 Å². The summed E-state index contributed by atoms with van der Waals surface area (Å²) in [4.78, 5) is 5.42. The fourth-order valence-electron chi connectivity index (χ4n) is 3.03. The van der Waals surface area contributed by atoms with Crippen LogP contribution in [0, 0.1) is 0 Å². The summed E-state index contributed by atoms with van der Waals surface area (Å²) in [5.74, 6) is 0. The molecule has 3 nitrogen and oxygen atoms in total. The molecular formula is C14H27N3. The minimum atomic E-state index is 0.775. The molecule has 0 amide bonds. The van der Waals surface area contributed by atoms with E-state index in [1.807, 2.05) is 0 Å². The Kier molecular flexibility index (Phi) is 3.69. The van der Waals surface area contributed by atoms with Gasteiger partial charge in [-0.1, -0.05) is 6.92 Å². The molecule has 0 spiro atoms. The molecule has 3 aliphatic rings. The monoisotopic (exact) mass is 237 g/mol. The van der Waals surface area contributed by atoms with Gasteiger partial charge in [0.2, 0.25) is 0 Å². The molecule has 3 rings (SSSR count). The van der Waals surface area contributed by atoms with Crippen LogP contribution in [0.2, 0.25) is 0 Å². The van der Waals surface area contributed by atoms with Crippen LogP contribution >= 0.6 is 0 Å². The van der Waals surface area contributed by atoms with Gasteiger partial charge in [-0.15, -0.1) is 0 Å². The molecule has 0 bridgehead atoms. The molecule has 2 aliphatic carbocycles. The highest BCUT2D eigenvalue weighted by atomic mass is 15.3. The Morgan fingerprint density at radius 2 is 1.76 bits per heavy atom. The number of rotatable bonds is 6. The molecule has 1 heterocycles. The van der Waals surface area contributed by atoms with E-state index >= 15 is 0 Å². The predicted octanol–water partition coefficient (Wildman–Crippen LogP) is 1.30. The fraction of sp³-hybridized carbons (Fsp3) is 1.00. The molecule has 1 atom stereocenters. The van der Waals surface area contributed by atoms with E-state index in [0.29, 0.717) is 0 Å². The number of hydrogen-bond donors (Lipinski definition) is 1.